The van der Waals surface area contributed by atoms with Crippen molar-refractivity contribution in [3.63, 3.8) is 0 Å². The lowest BCUT2D eigenvalue weighted by Gasteiger charge is -2.12. The second-order valence-corrected chi connectivity index (χ2v) is 6.13. The average Bonchev–Trinajstić information content (AvgIpc) is 3.12. The molecule has 0 spiro atoms. The highest BCUT2D eigenvalue weighted by Crippen LogP contribution is 2.17. The molecule has 0 unspecified atom stereocenters. The summed E-state index contributed by atoms with van der Waals surface area (Å²) in [5, 5.41) is 11.4. The molecule has 1 aromatic carbocycles. The zero-order valence-corrected chi connectivity index (χ0v) is 14.8. The molecule has 2 N–H and O–H groups in total. The fourth-order valence-electron chi connectivity index (χ4n) is 2.99. The van der Waals surface area contributed by atoms with Crippen LogP contribution in [0.1, 0.15) is 29.1 Å². The van der Waals surface area contributed by atoms with Crippen molar-refractivity contribution in [1.82, 2.24) is 24.9 Å². The van der Waals surface area contributed by atoms with Crippen molar-refractivity contribution >= 4 is 22.5 Å². The molecule has 0 saturated carbocycles. The SMILES string of the molecule is COc1ccc2c(=O)c(C(=O)N[C@@H](C)c3nnc4ccccn34)c[nH]c2c1. The fraction of sp³-hybridized carbons (Fsp3) is 0.158. The van der Waals surface area contributed by atoms with Crippen molar-refractivity contribution in [2.24, 2.45) is 0 Å². The first-order chi connectivity index (χ1) is 13.1. The van der Waals surface area contributed by atoms with E-state index in [-0.39, 0.29) is 11.0 Å². The molecule has 0 fully saturated rings. The van der Waals surface area contributed by atoms with Gasteiger partial charge in [-0.15, -0.1) is 10.2 Å². The zero-order chi connectivity index (χ0) is 19.0. The number of ether oxygens (including phenoxy) is 1. The van der Waals surface area contributed by atoms with Crippen LogP contribution in [0.15, 0.2) is 53.6 Å². The van der Waals surface area contributed by atoms with E-state index in [1.54, 1.807) is 36.6 Å². The highest BCUT2D eigenvalue weighted by molar-refractivity contribution is 5.97. The molecule has 136 valence electrons. The minimum atomic E-state index is -0.478. The molecule has 0 bridgehead atoms. The Morgan fingerprint density at radius 3 is 2.93 bits per heavy atom. The summed E-state index contributed by atoms with van der Waals surface area (Å²) in [6.45, 7) is 1.79. The summed E-state index contributed by atoms with van der Waals surface area (Å²) >= 11 is 0. The van der Waals surface area contributed by atoms with Gasteiger partial charge in [0.25, 0.3) is 5.91 Å². The molecule has 0 aliphatic rings. The Kier molecular flexibility index (Phi) is 4.08. The summed E-state index contributed by atoms with van der Waals surface area (Å²) in [7, 11) is 1.55. The van der Waals surface area contributed by atoms with E-state index in [1.165, 1.54) is 6.20 Å². The maximum atomic E-state index is 12.7. The van der Waals surface area contributed by atoms with Crippen LogP contribution in [0.2, 0.25) is 0 Å². The molecule has 8 nitrogen and oxygen atoms in total. The molecular formula is C19H17N5O3. The van der Waals surface area contributed by atoms with E-state index in [4.69, 9.17) is 4.74 Å². The Labute approximate surface area is 153 Å². The van der Waals surface area contributed by atoms with Crippen LogP contribution in [-0.2, 0) is 0 Å². The van der Waals surface area contributed by atoms with Crippen molar-refractivity contribution in [1.29, 1.82) is 0 Å². The summed E-state index contributed by atoms with van der Waals surface area (Å²) < 4.78 is 6.95. The van der Waals surface area contributed by atoms with Crippen LogP contribution in [0.5, 0.6) is 5.75 Å². The van der Waals surface area contributed by atoms with Gasteiger partial charge in [-0.2, -0.15) is 0 Å². The Balaban J connectivity index is 1.64. The number of H-pyrrole nitrogens is 1. The van der Waals surface area contributed by atoms with Crippen LogP contribution in [0, 0.1) is 0 Å². The number of hydrogen-bond acceptors (Lipinski definition) is 5. The van der Waals surface area contributed by atoms with Crippen molar-refractivity contribution < 1.29 is 9.53 Å². The number of hydrogen-bond donors (Lipinski definition) is 2. The van der Waals surface area contributed by atoms with Crippen molar-refractivity contribution in [2.45, 2.75) is 13.0 Å². The quantitative estimate of drug-likeness (QED) is 0.578. The van der Waals surface area contributed by atoms with Crippen LogP contribution in [-0.4, -0.2) is 32.6 Å². The molecule has 0 aliphatic carbocycles. The maximum Gasteiger partial charge on any atom is 0.257 e. The van der Waals surface area contributed by atoms with E-state index in [0.29, 0.717) is 28.1 Å². The first-order valence-electron chi connectivity index (χ1n) is 8.38. The highest BCUT2D eigenvalue weighted by atomic mass is 16.5. The lowest BCUT2D eigenvalue weighted by atomic mass is 10.1. The molecule has 4 rings (SSSR count). The monoisotopic (exact) mass is 363 g/mol. The smallest absolute Gasteiger partial charge is 0.257 e. The zero-order valence-electron chi connectivity index (χ0n) is 14.8. The van der Waals surface area contributed by atoms with Gasteiger partial charge in [0.15, 0.2) is 11.5 Å². The largest absolute Gasteiger partial charge is 0.497 e. The van der Waals surface area contributed by atoms with Crippen LogP contribution < -0.4 is 15.5 Å². The number of pyridine rings is 2. The molecule has 0 saturated heterocycles. The molecule has 0 radical (unpaired) electrons. The van der Waals surface area contributed by atoms with Gasteiger partial charge in [0.1, 0.15) is 11.3 Å². The van der Waals surface area contributed by atoms with E-state index in [0.717, 1.165) is 0 Å². The Morgan fingerprint density at radius 2 is 2.11 bits per heavy atom. The van der Waals surface area contributed by atoms with Gasteiger partial charge < -0.3 is 15.0 Å². The topological polar surface area (TPSA) is 101 Å². The molecule has 27 heavy (non-hydrogen) atoms. The number of aromatic nitrogens is 4. The molecule has 8 heteroatoms. The van der Waals surface area contributed by atoms with E-state index in [2.05, 4.69) is 20.5 Å². The van der Waals surface area contributed by atoms with E-state index in [9.17, 15) is 9.59 Å². The number of nitrogens with zero attached hydrogens (tertiary/aromatic N) is 3. The van der Waals surface area contributed by atoms with Crippen molar-refractivity contribution in [3.05, 3.63) is 70.4 Å². The minimum absolute atomic E-state index is 0.0355. The lowest BCUT2D eigenvalue weighted by Crippen LogP contribution is -2.32. The molecule has 3 heterocycles. The van der Waals surface area contributed by atoms with Crippen molar-refractivity contribution in [2.75, 3.05) is 7.11 Å². The fourth-order valence-corrected chi connectivity index (χ4v) is 2.99. The number of methoxy groups -OCH3 is 1. The molecule has 1 amide bonds. The number of carbonyl (C=O) groups is 1. The first-order valence-corrected chi connectivity index (χ1v) is 8.38. The molecular weight excluding hydrogens is 346 g/mol. The molecule has 4 aromatic rings. The normalized spacial score (nSPS) is 12.2. The van der Waals surface area contributed by atoms with Gasteiger partial charge in [-0.05, 0) is 31.2 Å². The van der Waals surface area contributed by atoms with Gasteiger partial charge in [0.2, 0.25) is 5.43 Å². The van der Waals surface area contributed by atoms with E-state index >= 15 is 0 Å². The van der Waals surface area contributed by atoms with Gasteiger partial charge >= 0.3 is 0 Å². The standard InChI is InChI=1S/C19H17N5O3/c1-11(18-23-22-16-5-3-4-8-24(16)18)21-19(26)14-10-20-15-9-12(27-2)6-7-13(15)17(14)25/h3-11H,1-2H3,(H,20,25)(H,21,26)/t11-/m0/s1. The van der Waals surface area contributed by atoms with Gasteiger partial charge in [-0.25, -0.2) is 0 Å². The third-order valence-electron chi connectivity index (χ3n) is 4.41. The van der Waals surface area contributed by atoms with Crippen molar-refractivity contribution in [3.8, 4) is 5.75 Å². The predicted octanol–water partition coefficient (Wildman–Crippen LogP) is 2.07. The molecule has 0 aliphatic heterocycles. The van der Waals surface area contributed by atoms with Crippen LogP contribution >= 0.6 is 0 Å². The summed E-state index contributed by atoms with van der Waals surface area (Å²) in [5.74, 6) is 0.734. The summed E-state index contributed by atoms with van der Waals surface area (Å²) in [6.07, 6.45) is 3.23. The number of aromatic amines is 1. The minimum Gasteiger partial charge on any atom is -0.497 e. The summed E-state index contributed by atoms with van der Waals surface area (Å²) in [6, 6.07) is 10.2. The van der Waals surface area contributed by atoms with Crippen LogP contribution in [0.25, 0.3) is 16.6 Å². The van der Waals surface area contributed by atoms with Crippen LogP contribution in [0.4, 0.5) is 0 Å². The van der Waals surface area contributed by atoms with E-state index < -0.39 is 11.9 Å². The number of amides is 1. The molecule has 1 atom stereocenters. The summed E-state index contributed by atoms with van der Waals surface area (Å²) in [5.41, 5.74) is 0.981. The number of carbonyl (C=O) groups excluding carboxylic acids is 1. The second-order valence-electron chi connectivity index (χ2n) is 6.13. The van der Waals surface area contributed by atoms with E-state index in [1.807, 2.05) is 24.4 Å². The average molecular weight is 363 g/mol. The van der Waals surface area contributed by atoms with Gasteiger partial charge in [0.05, 0.1) is 18.7 Å². The lowest BCUT2D eigenvalue weighted by molar-refractivity contribution is 0.0937. The Hall–Kier alpha value is -3.68. The highest BCUT2D eigenvalue weighted by Gasteiger charge is 2.19. The van der Waals surface area contributed by atoms with Gasteiger partial charge in [-0.3, -0.25) is 14.0 Å². The third-order valence-corrected chi connectivity index (χ3v) is 4.41. The number of fused-ring (bicyclic) bond motifs is 2. The van der Waals surface area contributed by atoms with Gasteiger partial charge in [-0.1, -0.05) is 6.07 Å². The second kappa shape index (κ2) is 6.56. The van der Waals surface area contributed by atoms with Crippen LogP contribution in [0.3, 0.4) is 0 Å². The first kappa shape index (κ1) is 16.8. The summed E-state index contributed by atoms with van der Waals surface area (Å²) in [4.78, 5) is 28.3. The predicted molar refractivity (Wildman–Crippen MR) is 100.0 cm³/mol. The number of rotatable bonds is 4. The number of benzene rings is 1. The van der Waals surface area contributed by atoms with Gasteiger partial charge in [0, 0.05) is 23.8 Å². The Bertz CT molecular complexity index is 1210. The molecule has 3 aromatic heterocycles. The Morgan fingerprint density at radius 1 is 1.26 bits per heavy atom. The number of nitrogens with one attached hydrogen (secondary N) is 2. The maximum absolute atomic E-state index is 12.7. The third kappa shape index (κ3) is 2.91.